The molecule has 0 fully saturated rings. The fourth-order valence-electron chi connectivity index (χ4n) is 2.97. The highest BCUT2D eigenvalue weighted by atomic mass is 35.5. The van der Waals surface area contributed by atoms with Crippen molar-refractivity contribution in [3.63, 3.8) is 0 Å². The molecule has 128 valence electrons. The van der Waals surface area contributed by atoms with E-state index in [0.29, 0.717) is 18.0 Å². The Morgan fingerprint density at radius 1 is 1.46 bits per heavy atom. The average Bonchev–Trinajstić information content (AvgIpc) is 3.07. The van der Waals surface area contributed by atoms with Crippen LogP contribution in [0.1, 0.15) is 23.9 Å². The lowest BCUT2D eigenvalue weighted by atomic mass is 10.1. The molecule has 0 unspecified atom stereocenters. The highest BCUT2D eigenvalue weighted by molar-refractivity contribution is 6.30. The van der Waals surface area contributed by atoms with E-state index >= 15 is 0 Å². The molecule has 2 heterocycles. The molecule has 0 spiro atoms. The third-order valence-corrected chi connectivity index (χ3v) is 4.44. The number of hydrogen-bond donors (Lipinski definition) is 1. The van der Waals surface area contributed by atoms with E-state index in [0.717, 1.165) is 29.2 Å². The lowest BCUT2D eigenvalue weighted by Crippen LogP contribution is -2.40. The first kappa shape index (κ1) is 16.8. The van der Waals surface area contributed by atoms with Crippen LogP contribution in [0.4, 0.5) is 0 Å². The van der Waals surface area contributed by atoms with Crippen LogP contribution in [0.5, 0.6) is 5.75 Å². The molecule has 0 saturated carbocycles. The van der Waals surface area contributed by atoms with Crippen molar-refractivity contribution in [2.24, 2.45) is 5.92 Å². The largest absolute Gasteiger partial charge is 0.480 e. The Hall–Kier alpha value is -2.01. The van der Waals surface area contributed by atoms with E-state index in [2.05, 4.69) is 23.4 Å². The first-order chi connectivity index (χ1) is 11.4. The Bertz CT molecular complexity index is 757. The minimum atomic E-state index is -0.473. The van der Waals surface area contributed by atoms with Gasteiger partial charge in [0, 0.05) is 30.2 Å². The number of ether oxygens (including phenoxy) is 1. The summed E-state index contributed by atoms with van der Waals surface area (Å²) in [6.07, 6.45) is 0.0902. The van der Waals surface area contributed by atoms with Crippen LogP contribution >= 0.6 is 11.6 Å². The summed E-state index contributed by atoms with van der Waals surface area (Å²) in [6.45, 7) is 7.49. The third kappa shape index (κ3) is 3.73. The number of benzene rings is 1. The van der Waals surface area contributed by atoms with Crippen molar-refractivity contribution in [1.29, 1.82) is 0 Å². The van der Waals surface area contributed by atoms with E-state index in [1.165, 1.54) is 0 Å². The summed E-state index contributed by atoms with van der Waals surface area (Å²) in [6, 6.07) is 7.50. The Morgan fingerprint density at radius 3 is 2.96 bits per heavy atom. The number of carbonyl (C=O) groups is 1. The lowest BCUT2D eigenvalue weighted by molar-refractivity contribution is -0.127. The third-order valence-electron chi connectivity index (χ3n) is 4.20. The van der Waals surface area contributed by atoms with Crippen molar-refractivity contribution < 1.29 is 9.53 Å². The number of aryl methyl sites for hydroxylation is 2. The van der Waals surface area contributed by atoms with Crippen LogP contribution < -0.4 is 10.1 Å². The van der Waals surface area contributed by atoms with Gasteiger partial charge in [0.05, 0.1) is 5.69 Å². The summed E-state index contributed by atoms with van der Waals surface area (Å²) in [5.41, 5.74) is 3.13. The fourth-order valence-corrected chi connectivity index (χ4v) is 3.17. The van der Waals surface area contributed by atoms with Crippen LogP contribution in [-0.2, 0) is 17.8 Å². The molecule has 2 atom stereocenters. The van der Waals surface area contributed by atoms with Crippen molar-refractivity contribution in [2.75, 3.05) is 6.54 Å². The normalized spacial score (nSPS) is 17.2. The van der Waals surface area contributed by atoms with Gasteiger partial charge < -0.3 is 10.1 Å². The minimum Gasteiger partial charge on any atom is -0.480 e. The highest BCUT2D eigenvalue weighted by Crippen LogP contribution is 2.31. The predicted octanol–water partition coefficient (Wildman–Crippen LogP) is 2.91. The van der Waals surface area contributed by atoms with E-state index in [9.17, 15) is 4.79 Å². The molecule has 0 aliphatic carbocycles. The number of halogens is 1. The predicted molar refractivity (Wildman–Crippen MR) is 93.4 cm³/mol. The van der Waals surface area contributed by atoms with Gasteiger partial charge in [-0.25, -0.2) is 0 Å². The van der Waals surface area contributed by atoms with Crippen molar-refractivity contribution in [3.8, 4) is 5.75 Å². The van der Waals surface area contributed by atoms with Crippen LogP contribution in [0.25, 0.3) is 0 Å². The van der Waals surface area contributed by atoms with E-state index in [4.69, 9.17) is 16.3 Å². The summed E-state index contributed by atoms with van der Waals surface area (Å²) < 4.78 is 7.69. The van der Waals surface area contributed by atoms with E-state index in [1.807, 2.05) is 30.7 Å². The molecule has 1 aromatic heterocycles. The standard InChI is InChI=1S/C18H22ClN3O2/c1-11(10-22-13(3)6-12(2)21-22)9-20-18(23)17-8-14-7-15(19)4-5-16(14)24-17/h4-7,11,17H,8-10H2,1-3H3,(H,20,23)/t11-,17+/m1/s1. The van der Waals surface area contributed by atoms with Gasteiger partial charge in [-0.3, -0.25) is 9.48 Å². The quantitative estimate of drug-likeness (QED) is 0.904. The minimum absolute atomic E-state index is 0.0810. The van der Waals surface area contributed by atoms with Crippen LogP contribution in [0.3, 0.4) is 0 Å². The molecule has 3 rings (SSSR count). The molecule has 24 heavy (non-hydrogen) atoms. The maximum absolute atomic E-state index is 12.3. The number of aromatic nitrogens is 2. The van der Waals surface area contributed by atoms with Crippen LogP contribution in [0.2, 0.25) is 5.02 Å². The number of amides is 1. The second kappa shape index (κ2) is 6.85. The zero-order valence-corrected chi connectivity index (χ0v) is 14.9. The molecule has 1 amide bonds. The summed E-state index contributed by atoms with van der Waals surface area (Å²) in [7, 11) is 0. The first-order valence-electron chi connectivity index (χ1n) is 8.16. The van der Waals surface area contributed by atoms with Crippen LogP contribution in [0, 0.1) is 19.8 Å². The molecular formula is C18H22ClN3O2. The molecule has 1 aliphatic heterocycles. The number of rotatable bonds is 5. The Morgan fingerprint density at radius 2 is 2.25 bits per heavy atom. The number of nitrogens with one attached hydrogen (secondary N) is 1. The van der Waals surface area contributed by atoms with Gasteiger partial charge in [0.15, 0.2) is 6.10 Å². The van der Waals surface area contributed by atoms with Crippen molar-refractivity contribution in [2.45, 2.75) is 39.8 Å². The second-order valence-corrected chi connectivity index (χ2v) is 6.96. The number of carbonyl (C=O) groups excluding carboxylic acids is 1. The Kier molecular flexibility index (Phi) is 4.81. The smallest absolute Gasteiger partial charge is 0.261 e. The van der Waals surface area contributed by atoms with Gasteiger partial charge in [-0.15, -0.1) is 0 Å². The zero-order chi connectivity index (χ0) is 17.3. The van der Waals surface area contributed by atoms with Gasteiger partial charge in [-0.2, -0.15) is 5.10 Å². The lowest BCUT2D eigenvalue weighted by Gasteiger charge is -2.16. The summed E-state index contributed by atoms with van der Waals surface area (Å²) >= 11 is 5.98. The van der Waals surface area contributed by atoms with Crippen molar-refractivity contribution in [3.05, 3.63) is 46.2 Å². The first-order valence-corrected chi connectivity index (χ1v) is 8.54. The van der Waals surface area contributed by atoms with Gasteiger partial charge in [0.25, 0.3) is 5.91 Å². The molecule has 0 saturated heterocycles. The second-order valence-electron chi connectivity index (χ2n) is 6.52. The topological polar surface area (TPSA) is 56.2 Å². The molecule has 1 aromatic carbocycles. The summed E-state index contributed by atoms with van der Waals surface area (Å²) in [5.74, 6) is 0.947. The molecule has 2 aromatic rings. The summed E-state index contributed by atoms with van der Waals surface area (Å²) in [5, 5.41) is 8.10. The maximum atomic E-state index is 12.3. The monoisotopic (exact) mass is 347 g/mol. The average molecular weight is 348 g/mol. The number of fused-ring (bicyclic) bond motifs is 1. The highest BCUT2D eigenvalue weighted by Gasteiger charge is 2.29. The van der Waals surface area contributed by atoms with E-state index in [-0.39, 0.29) is 11.8 Å². The Balaban J connectivity index is 1.50. The van der Waals surface area contributed by atoms with Gasteiger partial charge in [0.2, 0.25) is 0 Å². The fraction of sp³-hybridized carbons (Fsp3) is 0.444. The van der Waals surface area contributed by atoms with Crippen molar-refractivity contribution >= 4 is 17.5 Å². The van der Waals surface area contributed by atoms with Gasteiger partial charge in [-0.05, 0) is 49.6 Å². The molecular weight excluding hydrogens is 326 g/mol. The van der Waals surface area contributed by atoms with Crippen LogP contribution in [-0.4, -0.2) is 28.3 Å². The van der Waals surface area contributed by atoms with Crippen LogP contribution in [0.15, 0.2) is 24.3 Å². The van der Waals surface area contributed by atoms with E-state index < -0.39 is 6.10 Å². The molecule has 6 heteroatoms. The molecule has 0 bridgehead atoms. The molecule has 1 N–H and O–H groups in total. The number of nitrogens with zero attached hydrogens (tertiary/aromatic N) is 2. The zero-order valence-electron chi connectivity index (χ0n) is 14.2. The SMILES string of the molecule is Cc1cc(C)n(C[C@H](C)CNC(=O)[C@@H]2Cc3cc(Cl)ccc3O2)n1. The maximum Gasteiger partial charge on any atom is 0.261 e. The Labute approximate surface area is 147 Å². The van der Waals surface area contributed by atoms with Gasteiger partial charge in [0.1, 0.15) is 5.75 Å². The molecule has 5 nitrogen and oxygen atoms in total. The van der Waals surface area contributed by atoms with E-state index in [1.54, 1.807) is 6.07 Å². The number of hydrogen-bond acceptors (Lipinski definition) is 3. The van der Waals surface area contributed by atoms with Gasteiger partial charge >= 0.3 is 0 Å². The molecule has 1 aliphatic rings. The molecule has 0 radical (unpaired) electrons. The summed E-state index contributed by atoms with van der Waals surface area (Å²) in [4.78, 5) is 12.3. The van der Waals surface area contributed by atoms with Gasteiger partial charge in [-0.1, -0.05) is 18.5 Å². The van der Waals surface area contributed by atoms with Crippen molar-refractivity contribution in [1.82, 2.24) is 15.1 Å².